The first kappa shape index (κ1) is 30.3. The molecule has 0 aliphatic carbocycles. The normalized spacial score (nSPS) is 10.4. The summed E-state index contributed by atoms with van der Waals surface area (Å²) in [6.07, 6.45) is 24.5. The van der Waals surface area contributed by atoms with Gasteiger partial charge in [-0.15, -0.1) is 0 Å². The van der Waals surface area contributed by atoms with Gasteiger partial charge in [0.15, 0.2) is 0 Å². The molecule has 0 aliphatic rings. The molecule has 0 aromatic carbocycles. The monoisotopic (exact) mass is 407 g/mol. The second-order valence-electron chi connectivity index (χ2n) is 8.07. The minimum absolute atomic E-state index is 0. The van der Waals surface area contributed by atoms with Crippen LogP contribution in [0.4, 0.5) is 0 Å². The Morgan fingerprint density at radius 3 is 1.31 bits per heavy atom. The number of aliphatic carboxylic acids is 1. The van der Waals surface area contributed by atoms with Crippen LogP contribution in [0, 0.1) is 0 Å². The average molecular weight is 408 g/mol. The van der Waals surface area contributed by atoms with Crippen molar-refractivity contribution >= 4 is 16.1 Å². The summed E-state index contributed by atoms with van der Waals surface area (Å²) in [5.41, 5.74) is 0. The minimum Gasteiger partial charge on any atom is -0.550 e. The second kappa shape index (κ2) is 25.1. The summed E-state index contributed by atoms with van der Waals surface area (Å²) in [5.74, 6) is -0.0686. The van der Waals surface area contributed by atoms with Crippen molar-refractivity contribution in [3.8, 4) is 0 Å². The summed E-state index contributed by atoms with van der Waals surface area (Å²) in [5, 5.41) is 10.1. The van der Waals surface area contributed by atoms with Crippen LogP contribution in [0.3, 0.4) is 0 Å². The Hall–Kier alpha value is -0.891. The molecule has 4 nitrogen and oxygen atoms in total. The molecule has 0 bridgehead atoms. The quantitative estimate of drug-likeness (QED) is 0.102. The van der Waals surface area contributed by atoms with Gasteiger partial charge in [0, 0.05) is 11.9 Å². The van der Waals surface area contributed by atoms with Crippen molar-refractivity contribution in [1.82, 2.24) is 0 Å². The van der Waals surface area contributed by atoms with Crippen LogP contribution in [0.2, 0.25) is 0 Å². The number of hydrogen-bond acceptors (Lipinski definition) is 4. The van der Waals surface area contributed by atoms with E-state index in [9.17, 15) is 9.90 Å². The van der Waals surface area contributed by atoms with Gasteiger partial charge >= 0.3 is 10.1 Å². The van der Waals surface area contributed by atoms with E-state index >= 15 is 0 Å². The van der Waals surface area contributed by atoms with E-state index in [1.807, 2.05) is 0 Å². The van der Waals surface area contributed by atoms with E-state index in [0.717, 1.165) is 25.2 Å². The smallest absolute Gasteiger partial charge is 0.550 e. The molecule has 0 radical (unpaired) electrons. The van der Waals surface area contributed by atoms with Crippen LogP contribution in [-0.4, -0.2) is 16.1 Å². The van der Waals surface area contributed by atoms with E-state index in [-0.39, 0.29) is 16.5 Å². The molecule has 1 aromatic heterocycles. The zero-order valence-corrected chi connectivity index (χ0v) is 19.5. The van der Waals surface area contributed by atoms with Crippen molar-refractivity contribution < 1.29 is 19.1 Å². The summed E-state index contributed by atoms with van der Waals surface area (Å²) >= 11 is 0. The molecule has 0 atom stereocenters. The molecule has 0 saturated carbocycles. The standard InChI is InChI=1S/C12H23O2.C12H24O2.Be/c1-2-3-4-5-6-7-8-9-10-11-12-13-14-12;1-2-3-4-5-6-7-8-9-10-11-12(13)14;/h2-11H2,1H3;2-11H2,1H3,(H,13,14);/q-1;;+2/p-1. The summed E-state index contributed by atoms with van der Waals surface area (Å²) < 4.78 is 9.19. The summed E-state index contributed by atoms with van der Waals surface area (Å²) in [4.78, 5) is 10.1. The Labute approximate surface area is 183 Å². The Kier molecular flexibility index (Phi) is 26.3. The van der Waals surface area contributed by atoms with Crippen LogP contribution in [0.5, 0.6) is 0 Å². The SMILES string of the molecule is CCCCCCCCCCCC(=O)[O-].CCCCCCCCCCC[c-]1oo1.[Be+2]. The Bertz CT molecular complexity index is 386. The molecule has 5 heteroatoms. The molecular weight excluding hydrogens is 361 g/mol. The van der Waals surface area contributed by atoms with Crippen molar-refractivity contribution in [3.63, 3.8) is 0 Å². The largest absolute Gasteiger partial charge is 2.00 e. The molecule has 0 aliphatic heterocycles. The Balaban J connectivity index is 0. The molecule has 168 valence electrons. The van der Waals surface area contributed by atoms with Gasteiger partial charge in [0.25, 0.3) is 0 Å². The topological polar surface area (TPSA) is 66.4 Å². The van der Waals surface area contributed by atoms with Crippen molar-refractivity contribution in [3.05, 3.63) is 5.96 Å². The van der Waals surface area contributed by atoms with Gasteiger partial charge in [-0.25, -0.2) is 0 Å². The number of carbonyl (C=O) groups excluding carboxylic acids is 1. The number of unbranched alkanes of at least 4 members (excludes halogenated alkanes) is 16. The van der Waals surface area contributed by atoms with E-state index in [0.29, 0.717) is 0 Å². The third-order valence-electron chi connectivity index (χ3n) is 5.17. The number of carbonyl (C=O) groups is 1. The van der Waals surface area contributed by atoms with E-state index < -0.39 is 5.97 Å². The summed E-state index contributed by atoms with van der Waals surface area (Å²) in [7, 11) is 0. The van der Waals surface area contributed by atoms with Crippen LogP contribution in [0.15, 0.2) is 9.15 Å². The molecule has 1 rings (SSSR count). The van der Waals surface area contributed by atoms with E-state index in [1.165, 1.54) is 103 Å². The van der Waals surface area contributed by atoms with Gasteiger partial charge < -0.3 is 19.1 Å². The number of carboxylic acids is 1. The van der Waals surface area contributed by atoms with E-state index in [2.05, 4.69) is 23.0 Å². The second-order valence-corrected chi connectivity index (χ2v) is 8.07. The van der Waals surface area contributed by atoms with Crippen LogP contribution in [-0.2, 0) is 11.2 Å². The first-order chi connectivity index (χ1) is 13.7. The first-order valence-corrected chi connectivity index (χ1v) is 12.1. The van der Waals surface area contributed by atoms with Gasteiger partial charge in [0.05, 0.1) is 0 Å². The molecule has 0 saturated heterocycles. The molecule has 0 amide bonds. The number of carboxylic acid groups (broad SMARTS) is 1. The fourth-order valence-electron chi connectivity index (χ4n) is 3.27. The van der Waals surface area contributed by atoms with Crippen LogP contribution in [0.1, 0.15) is 142 Å². The van der Waals surface area contributed by atoms with Crippen molar-refractivity contribution in [2.24, 2.45) is 0 Å². The number of aryl methyl sites for hydroxylation is 1. The predicted octanol–water partition coefficient (Wildman–Crippen LogP) is 6.94. The zero-order valence-electron chi connectivity index (χ0n) is 19.5. The van der Waals surface area contributed by atoms with Gasteiger partial charge in [0.1, 0.15) is 0 Å². The summed E-state index contributed by atoms with van der Waals surface area (Å²) in [6, 6.07) is 0. The Morgan fingerprint density at radius 1 is 0.621 bits per heavy atom. The average Bonchev–Trinajstić information content (AvgIpc) is 3.50. The molecular formula is C24H46BeO4. The van der Waals surface area contributed by atoms with Gasteiger partial charge in [-0.2, -0.15) is 0 Å². The third-order valence-corrected chi connectivity index (χ3v) is 5.17. The van der Waals surface area contributed by atoms with E-state index in [1.54, 1.807) is 0 Å². The first-order valence-electron chi connectivity index (χ1n) is 12.1. The molecule has 1 aromatic rings. The zero-order chi connectivity index (χ0) is 20.7. The van der Waals surface area contributed by atoms with Crippen LogP contribution >= 0.6 is 0 Å². The molecule has 29 heavy (non-hydrogen) atoms. The maximum absolute atomic E-state index is 10.1. The van der Waals surface area contributed by atoms with Crippen molar-refractivity contribution in [2.45, 2.75) is 142 Å². The molecule has 0 spiro atoms. The fourth-order valence-corrected chi connectivity index (χ4v) is 3.27. The minimum atomic E-state index is -0.909. The Morgan fingerprint density at radius 2 is 0.966 bits per heavy atom. The maximum atomic E-state index is 10.1. The molecule has 1 heterocycles. The van der Waals surface area contributed by atoms with Crippen LogP contribution in [0.25, 0.3) is 0 Å². The van der Waals surface area contributed by atoms with E-state index in [4.69, 9.17) is 0 Å². The number of hydrogen-bond donors (Lipinski definition) is 0. The fraction of sp³-hybridized carbons (Fsp3) is 0.917. The molecule has 0 fully saturated rings. The third kappa shape index (κ3) is 29.4. The predicted molar refractivity (Wildman–Crippen MR) is 120 cm³/mol. The van der Waals surface area contributed by atoms with Gasteiger partial charge in [-0.3, -0.25) is 0 Å². The maximum Gasteiger partial charge on any atom is 2.00 e. The van der Waals surface area contributed by atoms with Gasteiger partial charge in [-0.05, 0) is 12.8 Å². The van der Waals surface area contributed by atoms with Gasteiger partial charge in [-0.1, -0.05) is 129 Å². The van der Waals surface area contributed by atoms with Crippen molar-refractivity contribution in [2.75, 3.05) is 0 Å². The molecule has 0 unspecified atom stereocenters. The van der Waals surface area contributed by atoms with Gasteiger partial charge in [0.2, 0.25) is 0 Å². The number of rotatable bonds is 20. The molecule has 0 N–H and O–H groups in total. The van der Waals surface area contributed by atoms with Crippen molar-refractivity contribution in [1.29, 1.82) is 0 Å². The van der Waals surface area contributed by atoms with Crippen LogP contribution < -0.4 is 5.11 Å². The summed E-state index contributed by atoms with van der Waals surface area (Å²) in [6.45, 7) is 4.49.